The van der Waals surface area contributed by atoms with Crippen molar-refractivity contribution in [1.82, 2.24) is 0 Å². The summed E-state index contributed by atoms with van der Waals surface area (Å²) in [4.78, 5) is 7.82. The summed E-state index contributed by atoms with van der Waals surface area (Å²) in [6.45, 7) is 0. The quantitative estimate of drug-likeness (QED) is 0.249. The molecule has 1 saturated heterocycles. The van der Waals surface area contributed by atoms with E-state index in [0.717, 1.165) is 0 Å². The van der Waals surface area contributed by atoms with Crippen LogP contribution in [-0.2, 0) is 12.8 Å². The van der Waals surface area contributed by atoms with Gasteiger partial charge < -0.3 is 2.85 Å². The van der Waals surface area contributed by atoms with Gasteiger partial charge in [-0.2, -0.15) is 0 Å². The minimum absolute atomic E-state index is 0. The fourth-order valence-electron chi connectivity index (χ4n) is 0.0749. The molecule has 40 valence electrons. The van der Waals surface area contributed by atoms with Gasteiger partial charge in [0.1, 0.15) is 0 Å². The topological polar surface area (TPSA) is 54.5 Å². The molecule has 0 radical (unpaired) electrons. The van der Waals surface area contributed by atoms with Gasteiger partial charge in [-0.05, 0) is 0 Å². The Morgan fingerprint density at radius 2 is 2.14 bits per heavy atom. The van der Waals surface area contributed by atoms with Gasteiger partial charge in [-0.3, -0.25) is 0 Å². The Hall–Kier alpha value is 1.92. The molecule has 1 N–H and O–H groups in total. The van der Waals surface area contributed by atoms with Crippen LogP contribution < -0.4 is 0 Å². The molecule has 1 aliphatic heterocycles. The summed E-state index contributed by atoms with van der Waals surface area (Å²) < 4.78 is 4.29. The first kappa shape index (κ1) is 8.92. The smallest absolute Gasteiger partial charge is 1.00 e. The van der Waals surface area contributed by atoms with E-state index in [9.17, 15) is 0 Å². The SMILES string of the molecule is OC1([O][SbH2])OO1.[Ca+2].[H-].[H-]. The third-order valence-electron chi connectivity index (χ3n) is 0.375. The zero-order valence-corrected chi connectivity index (χ0v) is 8.96. The summed E-state index contributed by atoms with van der Waals surface area (Å²) in [5.41, 5.74) is 0. The Morgan fingerprint density at radius 3 is 2.14 bits per heavy atom. The first-order valence-corrected chi connectivity index (χ1v) is 2.58. The van der Waals surface area contributed by atoms with Crippen molar-refractivity contribution in [1.29, 1.82) is 0 Å². The number of hydrogen-bond acceptors (Lipinski definition) is 4. The van der Waals surface area contributed by atoms with Crippen molar-refractivity contribution in [3.8, 4) is 0 Å². The van der Waals surface area contributed by atoms with Crippen molar-refractivity contribution in [2.75, 3.05) is 0 Å². The Bertz CT molecular complexity index is 69.6. The van der Waals surface area contributed by atoms with Gasteiger partial charge in [0.15, 0.2) is 0 Å². The van der Waals surface area contributed by atoms with E-state index in [0.29, 0.717) is 23.4 Å². The molecule has 0 unspecified atom stereocenters. The molecule has 1 heterocycles. The molecular formula is CH5CaO4Sb. The van der Waals surface area contributed by atoms with Crippen LogP contribution in [0.25, 0.3) is 0 Å². The van der Waals surface area contributed by atoms with Gasteiger partial charge >= 0.3 is 85.2 Å². The minimum atomic E-state index is -1.65. The Balaban J connectivity index is -0.000000120. The summed E-state index contributed by atoms with van der Waals surface area (Å²) in [5, 5.41) is 8.30. The van der Waals surface area contributed by atoms with Crippen molar-refractivity contribution in [2.24, 2.45) is 0 Å². The Labute approximate surface area is 87.1 Å². The van der Waals surface area contributed by atoms with Crippen LogP contribution in [0.2, 0.25) is 0 Å². The Kier molecular flexibility index (Phi) is 4.05. The molecule has 0 bridgehead atoms. The maximum absolute atomic E-state index is 8.30. The fraction of sp³-hybridized carbons (Fsp3) is 1.00. The van der Waals surface area contributed by atoms with Gasteiger partial charge in [-0.25, -0.2) is 0 Å². The van der Waals surface area contributed by atoms with E-state index in [1.807, 2.05) is 0 Å². The minimum Gasteiger partial charge on any atom is -1.00 e. The third-order valence-corrected chi connectivity index (χ3v) is 1.22. The van der Waals surface area contributed by atoms with Crippen molar-refractivity contribution in [3.63, 3.8) is 0 Å². The summed E-state index contributed by atoms with van der Waals surface area (Å²) >= 11 is 0.466. The van der Waals surface area contributed by atoms with Crippen LogP contribution >= 0.6 is 0 Å². The van der Waals surface area contributed by atoms with E-state index in [2.05, 4.69) is 12.8 Å². The molecule has 1 rings (SSSR count). The second-order valence-electron chi connectivity index (χ2n) is 0.808. The fourth-order valence-corrected chi connectivity index (χ4v) is 0.299. The molecular weight excluding hydrogens is 238 g/mol. The van der Waals surface area contributed by atoms with E-state index < -0.39 is 6.16 Å². The molecule has 7 heavy (non-hydrogen) atoms. The van der Waals surface area contributed by atoms with E-state index >= 15 is 0 Å². The van der Waals surface area contributed by atoms with Gasteiger partial charge in [0.2, 0.25) is 0 Å². The normalized spacial score (nSPS) is 23.1. The molecule has 0 aromatic rings. The molecule has 4 nitrogen and oxygen atoms in total. The Morgan fingerprint density at radius 1 is 1.71 bits per heavy atom. The predicted octanol–water partition coefficient (Wildman–Crippen LogP) is -2.04. The van der Waals surface area contributed by atoms with Crippen LogP contribution in [0.4, 0.5) is 0 Å². The molecule has 0 aromatic carbocycles. The maximum atomic E-state index is 8.30. The summed E-state index contributed by atoms with van der Waals surface area (Å²) in [5.74, 6) is 0. The molecule has 0 aliphatic carbocycles. The first-order chi connectivity index (χ1) is 2.77. The second-order valence-corrected chi connectivity index (χ2v) is 1.48. The summed E-state index contributed by atoms with van der Waals surface area (Å²) in [6, 6.07) is 0. The van der Waals surface area contributed by atoms with Gasteiger partial charge in [0.25, 0.3) is 0 Å². The van der Waals surface area contributed by atoms with E-state index in [-0.39, 0.29) is 40.6 Å². The number of aliphatic hydroxyl groups is 1. The van der Waals surface area contributed by atoms with E-state index in [1.54, 1.807) is 0 Å². The molecule has 0 atom stereocenters. The molecule has 1 fully saturated rings. The van der Waals surface area contributed by atoms with Gasteiger partial charge in [-0.15, -0.1) is 0 Å². The molecule has 6 heteroatoms. The number of rotatable bonds is 1. The van der Waals surface area contributed by atoms with E-state index in [4.69, 9.17) is 5.11 Å². The van der Waals surface area contributed by atoms with Crippen LogP contribution in [0, 0.1) is 0 Å². The van der Waals surface area contributed by atoms with Gasteiger partial charge in [0.05, 0.1) is 0 Å². The zero-order valence-electron chi connectivity index (χ0n) is 5.46. The molecule has 0 aromatic heterocycles. The van der Waals surface area contributed by atoms with E-state index in [1.165, 1.54) is 0 Å². The monoisotopic (exact) mass is 242 g/mol. The van der Waals surface area contributed by atoms with Gasteiger partial charge in [-0.1, -0.05) is 0 Å². The van der Waals surface area contributed by atoms with Crippen LogP contribution in [-0.4, -0.2) is 72.4 Å². The number of hydrogen-bond donors (Lipinski definition) is 1. The zero-order chi connectivity index (χ0) is 4.62. The maximum Gasteiger partial charge on any atom is 2.00 e. The van der Waals surface area contributed by atoms with Crippen molar-refractivity contribution in [3.05, 3.63) is 0 Å². The van der Waals surface area contributed by atoms with Gasteiger partial charge in [0, 0.05) is 0 Å². The van der Waals surface area contributed by atoms with Crippen molar-refractivity contribution in [2.45, 2.75) is 6.16 Å². The second kappa shape index (κ2) is 3.18. The third kappa shape index (κ3) is 2.82. The van der Waals surface area contributed by atoms with Crippen LogP contribution in [0.5, 0.6) is 0 Å². The van der Waals surface area contributed by atoms with Crippen molar-refractivity contribution >= 4 is 61.2 Å². The largest absolute Gasteiger partial charge is 2.00 e. The predicted molar refractivity (Wildman–Crippen MR) is 24.7 cm³/mol. The average Bonchev–Trinajstić information content (AvgIpc) is 2.22. The van der Waals surface area contributed by atoms with Crippen molar-refractivity contribution < 1.29 is 20.8 Å². The molecule has 0 saturated carbocycles. The average molecular weight is 243 g/mol. The molecule has 1 aliphatic rings. The first-order valence-electron chi connectivity index (χ1n) is 1.24. The molecule has 0 amide bonds. The summed E-state index contributed by atoms with van der Waals surface area (Å²) in [6.07, 6.45) is -1.65. The molecule has 0 spiro atoms. The van der Waals surface area contributed by atoms with Crippen LogP contribution in [0.15, 0.2) is 0 Å². The van der Waals surface area contributed by atoms with Crippen LogP contribution in [0.3, 0.4) is 0 Å². The summed E-state index contributed by atoms with van der Waals surface area (Å²) in [7, 11) is 0. The standard InChI is InChI=1S/CHO4.Ca.Sb.4H/c2-1(3)4-5-1;;;;;;/h2H;;;;;;/q-1;+2;+1;;;2*-1. The van der Waals surface area contributed by atoms with Crippen LogP contribution in [0.1, 0.15) is 2.85 Å².